The molecule has 3 rings (SSSR count). The summed E-state index contributed by atoms with van der Waals surface area (Å²) in [6.07, 6.45) is 0. The van der Waals surface area contributed by atoms with Crippen LogP contribution in [0.1, 0.15) is 36.7 Å². The first kappa shape index (κ1) is 19.5. The Bertz CT molecular complexity index is 862. The number of carbonyl (C=O) groups is 2. The number of urea groups is 1. The summed E-state index contributed by atoms with van der Waals surface area (Å²) in [5.41, 5.74) is 1.27. The zero-order valence-electron chi connectivity index (χ0n) is 16.2. The van der Waals surface area contributed by atoms with E-state index in [1.807, 2.05) is 32.0 Å². The summed E-state index contributed by atoms with van der Waals surface area (Å²) in [7, 11) is 0. The molecule has 0 bridgehead atoms. The minimum absolute atomic E-state index is 0.316. The smallest absolute Gasteiger partial charge is 0.338 e. The maximum atomic E-state index is 12.4. The highest BCUT2D eigenvalue weighted by Gasteiger charge is 2.25. The van der Waals surface area contributed by atoms with E-state index in [4.69, 9.17) is 14.2 Å². The quantitative estimate of drug-likeness (QED) is 0.768. The molecule has 0 unspecified atom stereocenters. The highest BCUT2D eigenvalue weighted by molar-refractivity contribution is 5.92. The molecule has 0 saturated heterocycles. The Labute approximate surface area is 164 Å². The molecule has 7 heteroatoms. The van der Waals surface area contributed by atoms with Gasteiger partial charge in [0.1, 0.15) is 13.2 Å². The summed E-state index contributed by atoms with van der Waals surface area (Å²) in [4.78, 5) is 24.1. The van der Waals surface area contributed by atoms with Crippen molar-refractivity contribution in [2.24, 2.45) is 0 Å². The van der Waals surface area contributed by atoms with E-state index >= 15 is 0 Å². The number of nitrogens with one attached hydrogen (secondary N) is 2. The monoisotopic (exact) mass is 384 g/mol. The van der Waals surface area contributed by atoms with Crippen LogP contribution in [0.2, 0.25) is 0 Å². The maximum absolute atomic E-state index is 12.4. The number of amides is 2. The van der Waals surface area contributed by atoms with E-state index < -0.39 is 11.5 Å². The number of ether oxygens (including phenoxy) is 3. The van der Waals surface area contributed by atoms with Gasteiger partial charge in [0.05, 0.1) is 17.7 Å². The van der Waals surface area contributed by atoms with Crippen LogP contribution in [-0.4, -0.2) is 31.8 Å². The molecule has 0 radical (unpaired) electrons. The third-order valence-electron chi connectivity index (χ3n) is 4.34. The average Bonchev–Trinajstić information content (AvgIpc) is 2.68. The number of benzene rings is 2. The highest BCUT2D eigenvalue weighted by atomic mass is 16.6. The van der Waals surface area contributed by atoms with E-state index in [1.165, 1.54) is 0 Å². The molecule has 2 aromatic rings. The highest BCUT2D eigenvalue weighted by Crippen LogP contribution is 2.34. The lowest BCUT2D eigenvalue weighted by atomic mass is 9.94. The fraction of sp³-hybridized carbons (Fsp3) is 0.333. The maximum Gasteiger partial charge on any atom is 0.338 e. The van der Waals surface area contributed by atoms with Gasteiger partial charge >= 0.3 is 12.0 Å². The van der Waals surface area contributed by atoms with Gasteiger partial charge in [-0.25, -0.2) is 9.59 Å². The van der Waals surface area contributed by atoms with E-state index in [-0.39, 0.29) is 6.03 Å². The van der Waals surface area contributed by atoms with Crippen molar-refractivity contribution in [2.45, 2.75) is 26.3 Å². The second kappa shape index (κ2) is 8.21. The van der Waals surface area contributed by atoms with Gasteiger partial charge in [0.2, 0.25) is 0 Å². The van der Waals surface area contributed by atoms with Gasteiger partial charge in [0.15, 0.2) is 11.5 Å². The van der Waals surface area contributed by atoms with Gasteiger partial charge in [-0.05, 0) is 62.7 Å². The van der Waals surface area contributed by atoms with E-state index in [1.54, 1.807) is 31.2 Å². The second-order valence-electron chi connectivity index (χ2n) is 6.86. The minimum Gasteiger partial charge on any atom is -0.486 e. The predicted molar refractivity (Wildman–Crippen MR) is 105 cm³/mol. The van der Waals surface area contributed by atoms with Crippen LogP contribution in [0.25, 0.3) is 0 Å². The molecule has 0 fully saturated rings. The van der Waals surface area contributed by atoms with Crippen LogP contribution in [0.15, 0.2) is 42.5 Å². The van der Waals surface area contributed by atoms with Gasteiger partial charge in [-0.1, -0.05) is 6.07 Å². The molecule has 2 amide bonds. The molecule has 28 heavy (non-hydrogen) atoms. The van der Waals surface area contributed by atoms with Crippen molar-refractivity contribution in [3.05, 3.63) is 53.6 Å². The van der Waals surface area contributed by atoms with Crippen LogP contribution in [0.4, 0.5) is 10.5 Å². The van der Waals surface area contributed by atoms with Crippen LogP contribution in [-0.2, 0) is 10.3 Å². The van der Waals surface area contributed by atoms with Crippen LogP contribution in [0.3, 0.4) is 0 Å². The Morgan fingerprint density at radius 3 is 2.39 bits per heavy atom. The van der Waals surface area contributed by atoms with Crippen molar-refractivity contribution in [1.82, 2.24) is 5.32 Å². The van der Waals surface area contributed by atoms with Crippen LogP contribution in [0.5, 0.6) is 11.5 Å². The van der Waals surface area contributed by atoms with Crippen molar-refractivity contribution in [2.75, 3.05) is 25.1 Å². The topological polar surface area (TPSA) is 85.9 Å². The largest absolute Gasteiger partial charge is 0.486 e. The third kappa shape index (κ3) is 4.54. The Hall–Kier alpha value is -3.22. The van der Waals surface area contributed by atoms with Gasteiger partial charge in [-0.3, -0.25) is 0 Å². The Morgan fingerprint density at radius 2 is 1.71 bits per heavy atom. The zero-order valence-corrected chi connectivity index (χ0v) is 16.2. The molecule has 0 aromatic heterocycles. The van der Waals surface area contributed by atoms with Crippen LogP contribution >= 0.6 is 0 Å². The van der Waals surface area contributed by atoms with Gasteiger partial charge in [0, 0.05) is 5.69 Å². The summed E-state index contributed by atoms with van der Waals surface area (Å²) in [6.45, 7) is 6.92. The summed E-state index contributed by atoms with van der Waals surface area (Å²) < 4.78 is 16.1. The number of fused-ring (bicyclic) bond motifs is 1. The molecule has 0 aliphatic carbocycles. The lowest BCUT2D eigenvalue weighted by molar-refractivity contribution is 0.0526. The molecule has 7 nitrogen and oxygen atoms in total. The van der Waals surface area contributed by atoms with E-state index in [0.29, 0.717) is 42.6 Å². The van der Waals surface area contributed by atoms with E-state index in [2.05, 4.69) is 10.6 Å². The summed E-state index contributed by atoms with van der Waals surface area (Å²) in [6, 6.07) is 11.8. The fourth-order valence-electron chi connectivity index (χ4n) is 2.85. The first-order valence-electron chi connectivity index (χ1n) is 9.15. The molecule has 148 valence electrons. The molecule has 1 aliphatic rings. The molecule has 0 atom stereocenters. The summed E-state index contributed by atoms with van der Waals surface area (Å²) in [5.74, 6) is 0.990. The van der Waals surface area contributed by atoms with E-state index in [0.717, 1.165) is 5.56 Å². The normalized spacial score (nSPS) is 12.8. The summed E-state index contributed by atoms with van der Waals surface area (Å²) in [5, 5.41) is 5.72. The van der Waals surface area contributed by atoms with E-state index in [9.17, 15) is 9.59 Å². The standard InChI is InChI=1S/C21H24N2O5/c1-4-26-19(24)14-5-8-16(9-6-14)22-20(25)23-21(2,3)15-7-10-17-18(13-15)28-12-11-27-17/h5-10,13H,4,11-12H2,1-3H3,(H2,22,23,25). The number of hydrogen-bond donors (Lipinski definition) is 2. The molecule has 1 aliphatic heterocycles. The predicted octanol–water partition coefficient (Wildman–Crippen LogP) is 3.69. The van der Waals surface area contributed by atoms with Gasteiger partial charge in [0.25, 0.3) is 0 Å². The number of rotatable bonds is 5. The van der Waals surface area contributed by atoms with Gasteiger partial charge < -0.3 is 24.8 Å². The fourth-order valence-corrected chi connectivity index (χ4v) is 2.85. The van der Waals surface area contributed by atoms with Gasteiger partial charge in [-0.15, -0.1) is 0 Å². The van der Waals surface area contributed by atoms with Crippen molar-refractivity contribution >= 4 is 17.7 Å². The molecular formula is C21H24N2O5. The van der Waals surface area contributed by atoms with Crippen LogP contribution < -0.4 is 20.1 Å². The Kier molecular flexibility index (Phi) is 5.73. The summed E-state index contributed by atoms with van der Waals surface area (Å²) >= 11 is 0. The lowest BCUT2D eigenvalue weighted by Gasteiger charge is -2.28. The molecule has 2 aromatic carbocycles. The van der Waals surface area contributed by atoms with Crippen LogP contribution in [0, 0.1) is 0 Å². The number of anilines is 1. The van der Waals surface area contributed by atoms with Crippen molar-refractivity contribution < 1.29 is 23.8 Å². The van der Waals surface area contributed by atoms with Gasteiger partial charge in [-0.2, -0.15) is 0 Å². The molecule has 2 N–H and O–H groups in total. The lowest BCUT2D eigenvalue weighted by Crippen LogP contribution is -2.43. The number of carbonyl (C=O) groups excluding carboxylic acids is 2. The first-order chi connectivity index (χ1) is 13.4. The third-order valence-corrected chi connectivity index (χ3v) is 4.34. The number of hydrogen-bond acceptors (Lipinski definition) is 5. The first-order valence-corrected chi connectivity index (χ1v) is 9.15. The SMILES string of the molecule is CCOC(=O)c1ccc(NC(=O)NC(C)(C)c2ccc3c(c2)OCCO3)cc1. The number of esters is 1. The Balaban J connectivity index is 1.64. The average molecular weight is 384 g/mol. The second-order valence-corrected chi connectivity index (χ2v) is 6.86. The van der Waals surface area contributed by atoms with Crippen molar-refractivity contribution in [3.63, 3.8) is 0 Å². The zero-order chi connectivity index (χ0) is 20.1. The molecular weight excluding hydrogens is 360 g/mol. The molecule has 1 heterocycles. The van der Waals surface area contributed by atoms with Crippen molar-refractivity contribution in [3.8, 4) is 11.5 Å². The van der Waals surface area contributed by atoms with Crippen molar-refractivity contribution in [1.29, 1.82) is 0 Å². The molecule has 0 spiro atoms. The molecule has 0 saturated carbocycles. The Morgan fingerprint density at radius 1 is 1.04 bits per heavy atom. The minimum atomic E-state index is -0.634.